The molecule has 0 saturated heterocycles. The van der Waals surface area contributed by atoms with Crippen LogP contribution in [0.15, 0.2) is 23.2 Å². The van der Waals surface area contributed by atoms with Gasteiger partial charge < -0.3 is 10.6 Å². The number of amidine groups is 1. The van der Waals surface area contributed by atoms with Gasteiger partial charge in [-0.2, -0.15) is 0 Å². The molecule has 1 aromatic carbocycles. The Morgan fingerprint density at radius 2 is 2.29 bits per heavy atom. The summed E-state index contributed by atoms with van der Waals surface area (Å²) in [7, 11) is 3.26. The lowest BCUT2D eigenvalue weighted by atomic mass is 9.84. The number of aliphatic imine (C=N–C) groups is 1. The molecule has 3 rings (SSSR count). The average molecular weight is 349 g/mol. The van der Waals surface area contributed by atoms with Crippen molar-refractivity contribution in [3.05, 3.63) is 35.1 Å². The minimum atomic E-state index is -1.52. The smallest absolute Gasteiger partial charge is 0.239 e. The fraction of sp³-hybridized carbons (Fsp3) is 0.412. The molecule has 1 heterocycles. The van der Waals surface area contributed by atoms with Gasteiger partial charge in [0.1, 0.15) is 22.8 Å². The topological polar surface area (TPSA) is 58.7 Å². The first kappa shape index (κ1) is 16.8. The fourth-order valence-electron chi connectivity index (χ4n) is 3.44. The predicted molar refractivity (Wildman–Crippen MR) is 90.7 cm³/mol. The van der Waals surface area contributed by atoms with E-state index in [9.17, 15) is 13.6 Å². The van der Waals surface area contributed by atoms with E-state index < -0.39 is 28.7 Å². The molecule has 2 N–H and O–H groups in total. The van der Waals surface area contributed by atoms with Crippen molar-refractivity contribution in [2.75, 3.05) is 20.8 Å². The number of nitrogens with two attached hydrogens (primary N) is 1. The van der Waals surface area contributed by atoms with Crippen LogP contribution in [0.4, 0.5) is 8.78 Å². The van der Waals surface area contributed by atoms with Crippen LogP contribution in [0.1, 0.15) is 17.5 Å². The summed E-state index contributed by atoms with van der Waals surface area (Å²) in [5.41, 5.74) is 4.87. The number of terminal acetylenes is 1. The van der Waals surface area contributed by atoms with Crippen LogP contribution in [-0.2, 0) is 10.3 Å². The molecule has 24 heavy (non-hydrogen) atoms. The lowest BCUT2D eigenvalue weighted by Gasteiger charge is -2.35. The van der Waals surface area contributed by atoms with E-state index in [0.29, 0.717) is 12.0 Å². The van der Waals surface area contributed by atoms with Crippen molar-refractivity contribution in [3.63, 3.8) is 0 Å². The van der Waals surface area contributed by atoms with Gasteiger partial charge in [0.05, 0.1) is 0 Å². The maximum absolute atomic E-state index is 14.5. The summed E-state index contributed by atoms with van der Waals surface area (Å²) in [6.45, 7) is -0.952. The van der Waals surface area contributed by atoms with Gasteiger partial charge in [0.15, 0.2) is 5.17 Å². The number of carbonyl (C=O) groups excluding carboxylic acids is 1. The number of alkyl halides is 1. The van der Waals surface area contributed by atoms with Gasteiger partial charge in [-0.3, -0.25) is 4.79 Å². The van der Waals surface area contributed by atoms with E-state index in [2.05, 4.69) is 10.9 Å². The Bertz CT molecular complexity index is 789. The number of hydrogen-bond acceptors (Lipinski definition) is 4. The van der Waals surface area contributed by atoms with Gasteiger partial charge in [-0.25, -0.2) is 13.8 Å². The summed E-state index contributed by atoms with van der Waals surface area (Å²) in [5.74, 6) is 1.18. The minimum Gasteiger partial charge on any atom is -0.378 e. The van der Waals surface area contributed by atoms with E-state index in [4.69, 9.17) is 12.2 Å². The maximum Gasteiger partial charge on any atom is 0.239 e. The Morgan fingerprint density at radius 1 is 1.58 bits per heavy atom. The number of benzene rings is 1. The third kappa shape index (κ3) is 2.20. The second kappa shape index (κ2) is 5.49. The Balaban J connectivity index is 2.16. The molecule has 1 aliphatic heterocycles. The molecule has 126 valence electrons. The summed E-state index contributed by atoms with van der Waals surface area (Å²) in [5, 5.41) is 0.0853. The summed E-state index contributed by atoms with van der Waals surface area (Å²) < 4.78 is 27.8. The Labute approximate surface area is 143 Å². The van der Waals surface area contributed by atoms with Gasteiger partial charge >= 0.3 is 0 Å². The molecule has 1 aromatic rings. The van der Waals surface area contributed by atoms with Gasteiger partial charge in [-0.1, -0.05) is 17.7 Å². The zero-order valence-electron chi connectivity index (χ0n) is 13.3. The van der Waals surface area contributed by atoms with Gasteiger partial charge in [0, 0.05) is 31.1 Å². The number of nitrogens with zero attached hydrogens (tertiary/aromatic N) is 2. The zero-order valence-corrected chi connectivity index (χ0v) is 14.2. The minimum absolute atomic E-state index is 0.0575. The van der Waals surface area contributed by atoms with Gasteiger partial charge in [0.25, 0.3) is 0 Å². The Morgan fingerprint density at radius 3 is 2.88 bits per heavy atom. The fourth-order valence-corrected chi connectivity index (χ4v) is 4.88. The van der Waals surface area contributed by atoms with Crippen molar-refractivity contribution in [3.8, 4) is 12.3 Å². The van der Waals surface area contributed by atoms with E-state index in [1.165, 1.54) is 23.1 Å². The second-order valence-electron chi connectivity index (χ2n) is 6.29. The van der Waals surface area contributed by atoms with Crippen LogP contribution in [0, 0.1) is 24.1 Å². The molecule has 0 aromatic heterocycles. The number of hydrogen-bond donors (Lipinski definition) is 1. The third-order valence-corrected chi connectivity index (χ3v) is 5.94. The highest BCUT2D eigenvalue weighted by Gasteiger charge is 2.72. The van der Waals surface area contributed by atoms with E-state index in [1.54, 1.807) is 14.1 Å². The number of halogens is 2. The molecule has 1 fully saturated rings. The van der Waals surface area contributed by atoms with Crippen molar-refractivity contribution < 1.29 is 13.6 Å². The first-order valence-electron chi connectivity index (χ1n) is 7.39. The van der Waals surface area contributed by atoms with Crippen LogP contribution >= 0.6 is 11.8 Å². The summed E-state index contributed by atoms with van der Waals surface area (Å²) in [6, 6.07) is 4.07. The summed E-state index contributed by atoms with van der Waals surface area (Å²) in [6.07, 6.45) is 5.77. The molecule has 1 aliphatic carbocycles. The molecule has 1 amide bonds. The molecule has 2 aliphatic rings. The van der Waals surface area contributed by atoms with E-state index >= 15 is 0 Å². The Kier molecular flexibility index (Phi) is 3.83. The monoisotopic (exact) mass is 349 g/mol. The number of fused-ring (bicyclic) bond motifs is 1. The van der Waals surface area contributed by atoms with Crippen molar-refractivity contribution in [1.29, 1.82) is 0 Å². The maximum atomic E-state index is 14.5. The van der Waals surface area contributed by atoms with E-state index in [0.717, 1.165) is 11.8 Å². The van der Waals surface area contributed by atoms with Crippen LogP contribution in [-0.4, -0.2) is 41.5 Å². The summed E-state index contributed by atoms with van der Waals surface area (Å²) >= 11 is 1.13. The zero-order chi connectivity index (χ0) is 17.7. The molecule has 3 atom stereocenters. The van der Waals surface area contributed by atoms with Crippen LogP contribution < -0.4 is 5.73 Å². The average Bonchev–Trinajstić information content (AvgIpc) is 3.29. The molecule has 0 radical (unpaired) electrons. The largest absolute Gasteiger partial charge is 0.378 e. The van der Waals surface area contributed by atoms with Crippen molar-refractivity contribution in [1.82, 2.24) is 4.90 Å². The predicted octanol–water partition coefficient (Wildman–Crippen LogP) is 1.88. The molecule has 0 bridgehead atoms. The molecule has 4 nitrogen and oxygen atoms in total. The van der Waals surface area contributed by atoms with Crippen molar-refractivity contribution >= 4 is 22.8 Å². The summed E-state index contributed by atoms with van der Waals surface area (Å²) in [4.78, 5) is 18.3. The van der Waals surface area contributed by atoms with Crippen LogP contribution in [0.25, 0.3) is 0 Å². The number of thioether (sulfide) groups is 1. The molecule has 0 unspecified atom stereocenters. The van der Waals surface area contributed by atoms with Gasteiger partial charge in [-0.15, -0.1) is 6.42 Å². The lowest BCUT2D eigenvalue weighted by Crippen LogP contribution is -2.45. The SMILES string of the molecule is C#Cc1ccc(F)c([C@@]2(CF)N=C(N)S[C@@]3(C(=O)N(C)C)C[C@H]32)c1. The first-order valence-corrected chi connectivity index (χ1v) is 8.21. The normalized spacial score (nSPS) is 30.8. The van der Waals surface area contributed by atoms with E-state index in [-0.39, 0.29) is 16.6 Å². The van der Waals surface area contributed by atoms with E-state index in [1.807, 2.05) is 0 Å². The molecule has 7 heteroatoms. The van der Waals surface area contributed by atoms with Crippen LogP contribution in [0.2, 0.25) is 0 Å². The highest BCUT2D eigenvalue weighted by atomic mass is 32.2. The van der Waals surface area contributed by atoms with Gasteiger partial charge in [0.2, 0.25) is 5.91 Å². The molecule has 0 spiro atoms. The van der Waals surface area contributed by atoms with Gasteiger partial charge in [-0.05, 0) is 24.6 Å². The number of amides is 1. The highest BCUT2D eigenvalue weighted by Crippen LogP contribution is 2.66. The first-order chi connectivity index (χ1) is 11.3. The van der Waals surface area contributed by atoms with Crippen LogP contribution in [0.3, 0.4) is 0 Å². The highest BCUT2D eigenvalue weighted by molar-refractivity contribution is 8.15. The molecular formula is C17H17F2N3OS. The standard InChI is InChI=1S/C17H17F2N3OS/c1-4-10-5-6-12(19)11(7-10)16(9-18)13-8-17(13,14(23)22(2)3)24-15(20)21-16/h1,5-7,13H,8-9H2,2-3H3,(H2,20,21)/t13-,16+,17-/m0/s1. The second-order valence-corrected chi connectivity index (χ2v) is 7.65. The van der Waals surface area contributed by atoms with Crippen molar-refractivity contribution in [2.24, 2.45) is 16.6 Å². The quantitative estimate of drug-likeness (QED) is 0.848. The Hall–Kier alpha value is -2.07. The van der Waals surface area contributed by atoms with Crippen LogP contribution in [0.5, 0.6) is 0 Å². The molecular weight excluding hydrogens is 332 g/mol. The lowest BCUT2D eigenvalue weighted by molar-refractivity contribution is -0.129. The number of carbonyl (C=O) groups is 1. The van der Waals surface area contributed by atoms with Crippen molar-refractivity contribution in [2.45, 2.75) is 16.7 Å². The number of rotatable bonds is 3. The third-order valence-electron chi connectivity index (χ3n) is 4.65. The molecule has 1 saturated carbocycles.